The molecule has 94 valence electrons. The van der Waals surface area contributed by atoms with Crippen LogP contribution in [0.4, 0.5) is 10.2 Å². The minimum atomic E-state index is -0.282. The van der Waals surface area contributed by atoms with E-state index in [9.17, 15) is 4.39 Å². The first-order valence-corrected chi connectivity index (χ1v) is 5.91. The van der Waals surface area contributed by atoms with Gasteiger partial charge in [0.2, 0.25) is 0 Å². The van der Waals surface area contributed by atoms with Crippen molar-refractivity contribution in [1.82, 2.24) is 9.97 Å². The lowest BCUT2D eigenvalue weighted by molar-refractivity contribution is 0.633. The Bertz CT molecular complexity index is 768. The molecule has 3 rings (SSSR count). The van der Waals surface area contributed by atoms with Crippen molar-refractivity contribution in [2.75, 3.05) is 5.73 Å². The minimum absolute atomic E-state index is 0.282. The Hall–Kier alpha value is -2.49. The highest BCUT2D eigenvalue weighted by Crippen LogP contribution is 2.29. The number of nitrogen functional groups attached to an aromatic ring is 1. The second-order valence-corrected chi connectivity index (χ2v) is 4.48. The molecule has 0 unspecified atom stereocenters. The molecule has 0 atom stereocenters. The van der Waals surface area contributed by atoms with Gasteiger partial charge in [-0.2, -0.15) is 0 Å². The quantitative estimate of drug-likeness (QED) is 0.723. The van der Waals surface area contributed by atoms with Gasteiger partial charge in [0.25, 0.3) is 0 Å². The minimum Gasteiger partial charge on any atom is -0.384 e. The molecule has 4 heteroatoms. The first kappa shape index (κ1) is 11.6. The summed E-state index contributed by atoms with van der Waals surface area (Å²) < 4.78 is 14.2. The van der Waals surface area contributed by atoms with E-state index in [1.807, 2.05) is 13.0 Å². The van der Waals surface area contributed by atoms with Crippen molar-refractivity contribution in [2.45, 2.75) is 6.92 Å². The van der Waals surface area contributed by atoms with E-state index in [1.54, 1.807) is 30.7 Å². The third kappa shape index (κ3) is 2.01. The fraction of sp³-hybridized carbons (Fsp3) is 0.0667. The standard InChI is InChI=1S/C15H12FN3/c1-9-2-3-18-8-13(9)12-4-10-6-15(17)19-7-11(10)5-14(12)16/h2-8H,1H3,(H2,17,19). The van der Waals surface area contributed by atoms with Gasteiger partial charge in [0.1, 0.15) is 11.6 Å². The van der Waals surface area contributed by atoms with Crippen LogP contribution >= 0.6 is 0 Å². The molecule has 1 aromatic carbocycles. The van der Waals surface area contributed by atoms with Crippen LogP contribution in [0.3, 0.4) is 0 Å². The molecule has 2 heterocycles. The lowest BCUT2D eigenvalue weighted by Gasteiger charge is -2.08. The zero-order valence-corrected chi connectivity index (χ0v) is 10.4. The number of anilines is 1. The molecule has 0 aliphatic carbocycles. The maximum Gasteiger partial charge on any atom is 0.131 e. The fourth-order valence-electron chi connectivity index (χ4n) is 2.14. The number of nitrogens with two attached hydrogens (primary N) is 1. The zero-order chi connectivity index (χ0) is 13.4. The van der Waals surface area contributed by atoms with Crippen LogP contribution in [-0.4, -0.2) is 9.97 Å². The number of aromatic nitrogens is 2. The van der Waals surface area contributed by atoms with Crippen LogP contribution < -0.4 is 5.73 Å². The fourth-order valence-corrected chi connectivity index (χ4v) is 2.14. The highest BCUT2D eigenvalue weighted by Gasteiger charge is 2.10. The molecule has 19 heavy (non-hydrogen) atoms. The van der Waals surface area contributed by atoms with Crippen molar-refractivity contribution < 1.29 is 4.39 Å². The predicted molar refractivity (Wildman–Crippen MR) is 74.1 cm³/mol. The van der Waals surface area contributed by atoms with Gasteiger partial charge in [-0.3, -0.25) is 4.98 Å². The number of pyridine rings is 2. The third-order valence-corrected chi connectivity index (χ3v) is 3.16. The summed E-state index contributed by atoms with van der Waals surface area (Å²) >= 11 is 0. The molecule has 0 saturated carbocycles. The monoisotopic (exact) mass is 253 g/mol. The summed E-state index contributed by atoms with van der Waals surface area (Å²) in [5, 5.41) is 1.60. The summed E-state index contributed by atoms with van der Waals surface area (Å²) in [5.41, 5.74) is 7.97. The molecule has 3 aromatic rings. The van der Waals surface area contributed by atoms with Crippen LogP contribution in [0.1, 0.15) is 5.56 Å². The average Bonchev–Trinajstić information content (AvgIpc) is 2.39. The van der Waals surface area contributed by atoms with E-state index in [0.717, 1.165) is 21.9 Å². The van der Waals surface area contributed by atoms with Crippen molar-refractivity contribution in [3.63, 3.8) is 0 Å². The highest BCUT2D eigenvalue weighted by molar-refractivity contribution is 5.88. The van der Waals surface area contributed by atoms with Gasteiger partial charge in [-0.15, -0.1) is 0 Å². The lowest BCUT2D eigenvalue weighted by Crippen LogP contribution is -1.92. The number of rotatable bonds is 1. The van der Waals surface area contributed by atoms with Gasteiger partial charge in [-0.25, -0.2) is 9.37 Å². The van der Waals surface area contributed by atoms with Crippen LogP contribution in [0.15, 0.2) is 42.9 Å². The van der Waals surface area contributed by atoms with E-state index >= 15 is 0 Å². The summed E-state index contributed by atoms with van der Waals surface area (Å²) in [7, 11) is 0. The Kier molecular flexibility index (Phi) is 2.63. The Balaban J connectivity index is 2.30. The number of fused-ring (bicyclic) bond motifs is 1. The van der Waals surface area contributed by atoms with Gasteiger partial charge in [0, 0.05) is 35.1 Å². The van der Waals surface area contributed by atoms with E-state index < -0.39 is 0 Å². The van der Waals surface area contributed by atoms with Crippen molar-refractivity contribution in [2.24, 2.45) is 0 Å². The SMILES string of the molecule is Cc1ccncc1-c1cc2cc(N)ncc2cc1F. The van der Waals surface area contributed by atoms with Crippen molar-refractivity contribution in [3.8, 4) is 11.1 Å². The Morgan fingerprint density at radius 3 is 2.68 bits per heavy atom. The van der Waals surface area contributed by atoms with E-state index in [1.165, 1.54) is 6.07 Å². The summed E-state index contributed by atoms with van der Waals surface area (Å²) in [6.45, 7) is 1.93. The van der Waals surface area contributed by atoms with Crippen LogP contribution in [0.2, 0.25) is 0 Å². The van der Waals surface area contributed by atoms with Gasteiger partial charge in [-0.05, 0) is 42.1 Å². The molecule has 0 amide bonds. The molecule has 0 fully saturated rings. The molecule has 0 aliphatic rings. The van der Waals surface area contributed by atoms with Crippen molar-refractivity contribution >= 4 is 16.6 Å². The van der Waals surface area contributed by atoms with E-state index in [2.05, 4.69) is 9.97 Å². The molecule has 2 N–H and O–H groups in total. The maximum atomic E-state index is 14.2. The molecule has 0 bridgehead atoms. The number of benzene rings is 1. The number of hydrogen-bond donors (Lipinski definition) is 1. The van der Waals surface area contributed by atoms with E-state index in [0.29, 0.717) is 11.4 Å². The maximum absolute atomic E-state index is 14.2. The van der Waals surface area contributed by atoms with Gasteiger partial charge in [-0.1, -0.05) is 0 Å². The topological polar surface area (TPSA) is 51.8 Å². The molecular weight excluding hydrogens is 241 g/mol. The van der Waals surface area contributed by atoms with Crippen molar-refractivity contribution in [3.05, 3.63) is 54.2 Å². The molecule has 0 radical (unpaired) electrons. The lowest BCUT2D eigenvalue weighted by atomic mass is 9.99. The molecular formula is C15H12FN3. The van der Waals surface area contributed by atoms with Crippen LogP contribution in [0, 0.1) is 12.7 Å². The molecule has 2 aromatic heterocycles. The Labute approximate surface area is 109 Å². The van der Waals surface area contributed by atoms with Crippen LogP contribution in [-0.2, 0) is 0 Å². The summed E-state index contributed by atoms with van der Waals surface area (Å²) in [4.78, 5) is 8.02. The molecule has 0 aliphatic heterocycles. The highest BCUT2D eigenvalue weighted by atomic mass is 19.1. The zero-order valence-electron chi connectivity index (χ0n) is 10.4. The van der Waals surface area contributed by atoms with Gasteiger partial charge in [0.15, 0.2) is 0 Å². The van der Waals surface area contributed by atoms with Crippen molar-refractivity contribution in [1.29, 1.82) is 0 Å². The number of nitrogens with zero attached hydrogens (tertiary/aromatic N) is 2. The first-order chi connectivity index (χ1) is 9.15. The molecule has 0 spiro atoms. The second-order valence-electron chi connectivity index (χ2n) is 4.48. The first-order valence-electron chi connectivity index (χ1n) is 5.91. The normalized spacial score (nSPS) is 10.8. The summed E-state index contributed by atoms with van der Waals surface area (Å²) in [6, 6.07) is 6.86. The summed E-state index contributed by atoms with van der Waals surface area (Å²) in [6.07, 6.45) is 4.94. The summed E-state index contributed by atoms with van der Waals surface area (Å²) in [5.74, 6) is 0.142. The molecule has 3 nitrogen and oxygen atoms in total. The number of halogens is 1. The van der Waals surface area contributed by atoms with E-state index in [4.69, 9.17) is 5.73 Å². The van der Waals surface area contributed by atoms with Gasteiger partial charge >= 0.3 is 0 Å². The van der Waals surface area contributed by atoms with E-state index in [-0.39, 0.29) is 5.82 Å². The Morgan fingerprint density at radius 1 is 1.05 bits per heavy atom. The number of aryl methyl sites for hydroxylation is 1. The molecule has 0 saturated heterocycles. The number of hydrogen-bond acceptors (Lipinski definition) is 3. The largest absolute Gasteiger partial charge is 0.384 e. The smallest absolute Gasteiger partial charge is 0.131 e. The van der Waals surface area contributed by atoms with Gasteiger partial charge < -0.3 is 5.73 Å². The second kappa shape index (κ2) is 4.31. The van der Waals surface area contributed by atoms with Gasteiger partial charge in [0.05, 0.1) is 0 Å². The Morgan fingerprint density at radius 2 is 1.89 bits per heavy atom. The van der Waals surface area contributed by atoms with Crippen LogP contribution in [0.5, 0.6) is 0 Å². The predicted octanol–water partition coefficient (Wildman–Crippen LogP) is 3.33. The average molecular weight is 253 g/mol. The van der Waals surface area contributed by atoms with Crippen LogP contribution in [0.25, 0.3) is 21.9 Å². The third-order valence-electron chi connectivity index (χ3n) is 3.16.